The molecule has 8 heteroatoms. The standard InChI is InChI=1S/C19H22N6OS/c1-13-22-23-19(27-13)17-4-3-14-11-20-15(10-18(14)21-17)9-16(26)12-25-7-5-24(2)6-8-25/h3-4,10-11H,5-9,12H2,1-2H3. The smallest absolute Gasteiger partial charge is 0.166 e. The van der Waals surface area contributed by atoms with Gasteiger partial charge in [-0.05, 0) is 32.2 Å². The molecular weight excluding hydrogens is 360 g/mol. The van der Waals surface area contributed by atoms with Gasteiger partial charge in [-0.3, -0.25) is 14.7 Å². The van der Waals surface area contributed by atoms with Gasteiger partial charge in [-0.1, -0.05) is 11.3 Å². The van der Waals surface area contributed by atoms with E-state index in [0.29, 0.717) is 13.0 Å². The lowest BCUT2D eigenvalue weighted by Crippen LogP contribution is -2.46. The van der Waals surface area contributed by atoms with Crippen molar-refractivity contribution in [3.8, 4) is 10.7 Å². The van der Waals surface area contributed by atoms with Gasteiger partial charge in [0.25, 0.3) is 0 Å². The van der Waals surface area contributed by atoms with Crippen LogP contribution in [0.15, 0.2) is 24.4 Å². The van der Waals surface area contributed by atoms with E-state index in [1.165, 1.54) is 11.3 Å². The van der Waals surface area contributed by atoms with Crippen LogP contribution in [0.1, 0.15) is 10.7 Å². The molecule has 3 aromatic heterocycles. The third-order valence-electron chi connectivity index (χ3n) is 4.75. The van der Waals surface area contributed by atoms with E-state index in [9.17, 15) is 4.79 Å². The van der Waals surface area contributed by atoms with Gasteiger partial charge in [0, 0.05) is 43.5 Å². The molecule has 0 N–H and O–H groups in total. The third kappa shape index (κ3) is 4.35. The summed E-state index contributed by atoms with van der Waals surface area (Å²) >= 11 is 1.52. The van der Waals surface area contributed by atoms with E-state index < -0.39 is 0 Å². The fourth-order valence-corrected chi connectivity index (χ4v) is 3.85. The van der Waals surface area contributed by atoms with Crippen molar-refractivity contribution in [3.63, 3.8) is 0 Å². The summed E-state index contributed by atoms with van der Waals surface area (Å²) in [6.45, 7) is 6.33. The number of Topliss-reactive ketones (excluding diaryl/α,β-unsaturated/α-hetero) is 1. The molecule has 3 aromatic rings. The summed E-state index contributed by atoms with van der Waals surface area (Å²) in [7, 11) is 2.11. The molecule has 4 rings (SSSR count). The topological polar surface area (TPSA) is 75.1 Å². The summed E-state index contributed by atoms with van der Waals surface area (Å²) in [5.41, 5.74) is 2.39. The van der Waals surface area contributed by atoms with Crippen LogP contribution in [0.3, 0.4) is 0 Å². The largest absolute Gasteiger partial charge is 0.304 e. The maximum atomic E-state index is 12.5. The van der Waals surface area contributed by atoms with E-state index in [1.807, 2.05) is 25.1 Å². The molecule has 0 aliphatic carbocycles. The van der Waals surface area contributed by atoms with E-state index in [-0.39, 0.29) is 5.78 Å². The number of carbonyl (C=O) groups excluding carboxylic acids is 1. The van der Waals surface area contributed by atoms with Crippen molar-refractivity contribution in [1.29, 1.82) is 0 Å². The van der Waals surface area contributed by atoms with E-state index in [1.54, 1.807) is 6.20 Å². The lowest BCUT2D eigenvalue weighted by Gasteiger charge is -2.31. The number of rotatable bonds is 5. The number of hydrogen-bond donors (Lipinski definition) is 0. The quantitative estimate of drug-likeness (QED) is 0.666. The minimum Gasteiger partial charge on any atom is -0.304 e. The van der Waals surface area contributed by atoms with Crippen LogP contribution in [0.4, 0.5) is 0 Å². The number of carbonyl (C=O) groups is 1. The van der Waals surface area contributed by atoms with Crippen molar-refractivity contribution < 1.29 is 4.79 Å². The predicted molar refractivity (Wildman–Crippen MR) is 106 cm³/mol. The van der Waals surface area contributed by atoms with Gasteiger partial charge in [0.2, 0.25) is 0 Å². The van der Waals surface area contributed by atoms with E-state index in [4.69, 9.17) is 4.98 Å². The molecule has 0 bridgehead atoms. The average molecular weight is 382 g/mol. The molecule has 140 valence electrons. The van der Waals surface area contributed by atoms with Crippen LogP contribution in [0, 0.1) is 6.92 Å². The Hall–Kier alpha value is -2.29. The molecule has 0 aromatic carbocycles. The maximum absolute atomic E-state index is 12.5. The second-order valence-corrected chi connectivity index (χ2v) is 8.17. The molecule has 1 saturated heterocycles. The second kappa shape index (κ2) is 7.75. The Kier molecular flexibility index (Phi) is 5.20. The maximum Gasteiger partial charge on any atom is 0.166 e. The molecule has 0 spiro atoms. The number of pyridine rings is 2. The Labute approximate surface area is 162 Å². The summed E-state index contributed by atoms with van der Waals surface area (Å²) in [6.07, 6.45) is 2.13. The molecule has 0 saturated carbocycles. The Morgan fingerprint density at radius 1 is 1.19 bits per heavy atom. The summed E-state index contributed by atoms with van der Waals surface area (Å²) in [5, 5.41) is 10.9. The Morgan fingerprint density at radius 3 is 2.74 bits per heavy atom. The van der Waals surface area contributed by atoms with Crippen LogP contribution in [0.5, 0.6) is 0 Å². The molecule has 1 aliphatic rings. The lowest BCUT2D eigenvalue weighted by molar-refractivity contribution is -0.120. The second-order valence-electron chi connectivity index (χ2n) is 6.99. The number of nitrogens with zero attached hydrogens (tertiary/aromatic N) is 6. The third-order valence-corrected chi connectivity index (χ3v) is 5.61. The van der Waals surface area contributed by atoms with Gasteiger partial charge in [-0.15, -0.1) is 10.2 Å². The summed E-state index contributed by atoms with van der Waals surface area (Å²) < 4.78 is 0. The minimum absolute atomic E-state index is 0.197. The van der Waals surface area contributed by atoms with Gasteiger partial charge in [0.15, 0.2) is 10.8 Å². The van der Waals surface area contributed by atoms with Crippen LogP contribution in [0.2, 0.25) is 0 Å². The molecule has 7 nitrogen and oxygen atoms in total. The molecule has 0 atom stereocenters. The first kappa shape index (κ1) is 18.1. The number of likely N-dealkylation sites (N-methyl/N-ethyl adjacent to an activating group) is 1. The zero-order valence-corrected chi connectivity index (χ0v) is 16.4. The van der Waals surface area contributed by atoms with Gasteiger partial charge in [-0.25, -0.2) is 4.98 Å². The minimum atomic E-state index is 0.197. The predicted octanol–water partition coefficient (Wildman–Crippen LogP) is 1.82. The summed E-state index contributed by atoms with van der Waals surface area (Å²) in [4.78, 5) is 26.1. The van der Waals surface area contributed by atoms with Crippen LogP contribution in [-0.4, -0.2) is 75.5 Å². The highest BCUT2D eigenvalue weighted by Crippen LogP contribution is 2.23. The molecule has 0 radical (unpaired) electrons. The number of aryl methyl sites for hydroxylation is 1. The summed E-state index contributed by atoms with van der Waals surface area (Å²) in [5.74, 6) is 0.197. The van der Waals surface area contributed by atoms with Gasteiger partial charge < -0.3 is 4.90 Å². The van der Waals surface area contributed by atoms with E-state index in [2.05, 4.69) is 32.0 Å². The highest BCUT2D eigenvalue weighted by atomic mass is 32.1. The van der Waals surface area contributed by atoms with Crippen molar-refractivity contribution in [2.24, 2.45) is 0 Å². The average Bonchev–Trinajstić information content (AvgIpc) is 3.09. The highest BCUT2D eigenvalue weighted by Gasteiger charge is 2.17. The zero-order valence-electron chi connectivity index (χ0n) is 15.6. The van der Waals surface area contributed by atoms with Gasteiger partial charge in [0.1, 0.15) is 10.7 Å². The zero-order chi connectivity index (χ0) is 18.8. The molecule has 1 aliphatic heterocycles. The SMILES string of the molecule is Cc1nnc(-c2ccc3cnc(CC(=O)CN4CCN(C)CC4)cc3n2)s1. The number of fused-ring (bicyclic) bond motifs is 1. The summed E-state index contributed by atoms with van der Waals surface area (Å²) in [6, 6.07) is 5.83. The van der Waals surface area contributed by atoms with Gasteiger partial charge in [0.05, 0.1) is 18.5 Å². The number of piperazine rings is 1. The van der Waals surface area contributed by atoms with Crippen LogP contribution < -0.4 is 0 Å². The van der Waals surface area contributed by atoms with Crippen molar-refractivity contribution in [1.82, 2.24) is 30.0 Å². The van der Waals surface area contributed by atoms with Gasteiger partial charge in [-0.2, -0.15) is 0 Å². The van der Waals surface area contributed by atoms with Crippen molar-refractivity contribution >= 4 is 28.0 Å². The van der Waals surface area contributed by atoms with Crippen molar-refractivity contribution in [3.05, 3.63) is 35.1 Å². The first-order valence-corrected chi connectivity index (χ1v) is 9.87. The van der Waals surface area contributed by atoms with Crippen molar-refractivity contribution in [2.45, 2.75) is 13.3 Å². The normalized spacial score (nSPS) is 16.1. The molecule has 4 heterocycles. The molecular formula is C19H22N6OS. The van der Waals surface area contributed by atoms with Crippen LogP contribution >= 0.6 is 11.3 Å². The highest BCUT2D eigenvalue weighted by molar-refractivity contribution is 7.14. The Bertz CT molecular complexity index is 964. The van der Waals surface area contributed by atoms with Crippen LogP contribution in [-0.2, 0) is 11.2 Å². The van der Waals surface area contributed by atoms with Gasteiger partial charge >= 0.3 is 0 Å². The van der Waals surface area contributed by atoms with E-state index >= 15 is 0 Å². The van der Waals surface area contributed by atoms with Crippen LogP contribution in [0.25, 0.3) is 21.6 Å². The molecule has 0 amide bonds. The molecule has 27 heavy (non-hydrogen) atoms. The fourth-order valence-electron chi connectivity index (χ4n) is 3.19. The first-order chi connectivity index (χ1) is 13.1. The Morgan fingerprint density at radius 2 is 2.00 bits per heavy atom. The lowest BCUT2D eigenvalue weighted by atomic mass is 10.1. The van der Waals surface area contributed by atoms with E-state index in [0.717, 1.165) is 58.5 Å². The number of aromatic nitrogens is 4. The van der Waals surface area contributed by atoms with Crippen molar-refractivity contribution in [2.75, 3.05) is 39.8 Å². The molecule has 0 unspecified atom stereocenters. The molecule has 1 fully saturated rings. The Balaban J connectivity index is 1.48. The first-order valence-electron chi connectivity index (χ1n) is 9.05. The number of ketones is 1. The fraction of sp³-hybridized carbons (Fsp3) is 0.421. The number of hydrogen-bond acceptors (Lipinski definition) is 8. The monoisotopic (exact) mass is 382 g/mol.